The predicted molar refractivity (Wildman–Crippen MR) is 102 cm³/mol. The second-order valence-corrected chi connectivity index (χ2v) is 6.67. The SMILES string of the molecule is C/C(=N/OC(=O)c1ccccc1)c1csc(COc2ccc(Cl)cc2)n1. The van der Waals surface area contributed by atoms with Gasteiger partial charge in [-0.25, -0.2) is 9.78 Å². The lowest BCUT2D eigenvalue weighted by molar-refractivity contribution is 0.0516. The number of carbonyl (C=O) groups excluding carboxylic acids is 1. The van der Waals surface area contributed by atoms with E-state index in [1.807, 2.05) is 11.4 Å². The number of benzene rings is 2. The van der Waals surface area contributed by atoms with Crippen molar-refractivity contribution in [3.05, 3.63) is 81.3 Å². The largest absolute Gasteiger partial charge is 0.486 e. The molecule has 1 heterocycles. The van der Waals surface area contributed by atoms with E-state index in [9.17, 15) is 4.79 Å². The van der Waals surface area contributed by atoms with Gasteiger partial charge in [-0.15, -0.1) is 11.3 Å². The van der Waals surface area contributed by atoms with Gasteiger partial charge in [0, 0.05) is 10.4 Å². The summed E-state index contributed by atoms with van der Waals surface area (Å²) in [6.07, 6.45) is 0. The summed E-state index contributed by atoms with van der Waals surface area (Å²) in [5.74, 6) is 0.208. The van der Waals surface area contributed by atoms with Crippen molar-refractivity contribution >= 4 is 34.6 Å². The van der Waals surface area contributed by atoms with Crippen LogP contribution in [0.4, 0.5) is 0 Å². The Morgan fingerprint density at radius 3 is 2.62 bits per heavy atom. The van der Waals surface area contributed by atoms with Crippen molar-refractivity contribution in [2.45, 2.75) is 13.5 Å². The molecule has 132 valence electrons. The highest BCUT2D eigenvalue weighted by molar-refractivity contribution is 7.09. The van der Waals surface area contributed by atoms with Crippen LogP contribution in [0.2, 0.25) is 5.02 Å². The van der Waals surface area contributed by atoms with E-state index in [4.69, 9.17) is 21.2 Å². The predicted octanol–water partition coefficient (Wildman–Crippen LogP) is 4.96. The molecular weight excluding hydrogens is 372 g/mol. The summed E-state index contributed by atoms with van der Waals surface area (Å²) < 4.78 is 5.66. The number of ether oxygens (including phenoxy) is 1. The van der Waals surface area contributed by atoms with Gasteiger partial charge in [0.25, 0.3) is 0 Å². The molecule has 3 rings (SSSR count). The molecule has 5 nitrogen and oxygen atoms in total. The van der Waals surface area contributed by atoms with Gasteiger partial charge in [-0.05, 0) is 43.3 Å². The monoisotopic (exact) mass is 386 g/mol. The van der Waals surface area contributed by atoms with Crippen LogP contribution in [-0.2, 0) is 11.4 Å². The lowest BCUT2D eigenvalue weighted by Crippen LogP contribution is -2.04. The molecule has 7 heteroatoms. The third-order valence-electron chi connectivity index (χ3n) is 3.37. The summed E-state index contributed by atoms with van der Waals surface area (Å²) in [7, 11) is 0. The molecule has 0 spiro atoms. The smallest absolute Gasteiger partial charge is 0.365 e. The van der Waals surface area contributed by atoms with E-state index >= 15 is 0 Å². The van der Waals surface area contributed by atoms with Crippen LogP contribution >= 0.6 is 22.9 Å². The van der Waals surface area contributed by atoms with Crippen LogP contribution in [0.3, 0.4) is 0 Å². The summed E-state index contributed by atoms with van der Waals surface area (Å²) in [5.41, 5.74) is 1.60. The Labute approximate surface area is 159 Å². The average molecular weight is 387 g/mol. The lowest BCUT2D eigenvalue weighted by atomic mass is 10.2. The summed E-state index contributed by atoms with van der Waals surface area (Å²) in [6, 6.07) is 15.8. The van der Waals surface area contributed by atoms with Crippen molar-refractivity contribution in [1.82, 2.24) is 4.98 Å². The molecule has 0 unspecified atom stereocenters. The molecule has 0 saturated heterocycles. The Morgan fingerprint density at radius 2 is 1.88 bits per heavy atom. The zero-order chi connectivity index (χ0) is 18.4. The minimum Gasteiger partial charge on any atom is -0.486 e. The molecule has 3 aromatic rings. The van der Waals surface area contributed by atoms with Crippen LogP contribution in [0, 0.1) is 0 Å². The fourth-order valence-electron chi connectivity index (χ4n) is 2.00. The number of hydrogen-bond donors (Lipinski definition) is 0. The zero-order valence-corrected chi connectivity index (χ0v) is 15.5. The van der Waals surface area contributed by atoms with Crippen molar-refractivity contribution in [2.75, 3.05) is 0 Å². The van der Waals surface area contributed by atoms with E-state index in [1.54, 1.807) is 55.5 Å². The Balaban J connectivity index is 1.57. The van der Waals surface area contributed by atoms with E-state index in [2.05, 4.69) is 10.1 Å². The van der Waals surface area contributed by atoms with Gasteiger partial charge in [0.05, 0.1) is 11.3 Å². The fraction of sp³-hybridized carbons (Fsp3) is 0.105. The van der Waals surface area contributed by atoms with Crippen molar-refractivity contribution in [3.63, 3.8) is 0 Å². The number of rotatable bonds is 6. The molecule has 0 radical (unpaired) electrons. The Bertz CT molecular complexity index is 908. The van der Waals surface area contributed by atoms with Gasteiger partial charge >= 0.3 is 5.97 Å². The first-order chi connectivity index (χ1) is 12.6. The van der Waals surface area contributed by atoms with Crippen molar-refractivity contribution in [1.29, 1.82) is 0 Å². The van der Waals surface area contributed by atoms with Crippen LogP contribution < -0.4 is 4.74 Å². The molecule has 0 atom stereocenters. The van der Waals surface area contributed by atoms with Crippen LogP contribution in [0.15, 0.2) is 65.1 Å². The quantitative estimate of drug-likeness (QED) is 0.341. The zero-order valence-electron chi connectivity index (χ0n) is 13.9. The topological polar surface area (TPSA) is 60.8 Å². The van der Waals surface area contributed by atoms with Gasteiger partial charge in [-0.2, -0.15) is 0 Å². The standard InChI is InChI=1S/C19H15ClN2O3S/c1-13(22-25-19(23)14-5-3-2-4-6-14)17-12-26-18(21-17)11-24-16-9-7-15(20)8-10-16/h2-10,12H,11H2,1H3/b22-13-. The first-order valence-corrected chi connectivity index (χ1v) is 9.02. The highest BCUT2D eigenvalue weighted by atomic mass is 35.5. The molecular formula is C19H15ClN2O3S. The second kappa shape index (κ2) is 8.60. The molecule has 1 aromatic heterocycles. The lowest BCUT2D eigenvalue weighted by Gasteiger charge is -2.03. The summed E-state index contributed by atoms with van der Waals surface area (Å²) in [5, 5.41) is 7.16. The maximum atomic E-state index is 11.9. The molecule has 26 heavy (non-hydrogen) atoms. The van der Waals surface area contributed by atoms with Gasteiger partial charge in [0.15, 0.2) is 0 Å². The molecule has 0 amide bonds. The summed E-state index contributed by atoms with van der Waals surface area (Å²) in [4.78, 5) is 21.3. The normalized spacial score (nSPS) is 11.2. The molecule has 0 N–H and O–H groups in total. The molecule has 0 aliphatic heterocycles. The van der Waals surface area contributed by atoms with Crippen LogP contribution in [-0.4, -0.2) is 16.7 Å². The van der Waals surface area contributed by atoms with Crippen molar-refractivity contribution in [2.24, 2.45) is 5.16 Å². The Hall–Kier alpha value is -2.70. The number of halogens is 1. The van der Waals surface area contributed by atoms with Crippen LogP contribution in [0.1, 0.15) is 28.0 Å². The average Bonchev–Trinajstić information content (AvgIpc) is 3.15. The van der Waals surface area contributed by atoms with Crippen molar-refractivity contribution < 1.29 is 14.4 Å². The first-order valence-electron chi connectivity index (χ1n) is 7.76. The van der Waals surface area contributed by atoms with Gasteiger partial charge in [0.1, 0.15) is 23.1 Å². The van der Waals surface area contributed by atoms with E-state index in [-0.39, 0.29) is 0 Å². The Kier molecular flexibility index (Phi) is 5.99. The molecule has 0 aliphatic rings. The molecule has 0 aliphatic carbocycles. The van der Waals surface area contributed by atoms with Gasteiger partial charge < -0.3 is 9.57 Å². The molecule has 0 saturated carbocycles. The maximum Gasteiger partial charge on any atom is 0.365 e. The maximum absolute atomic E-state index is 11.9. The highest BCUT2D eigenvalue weighted by Crippen LogP contribution is 2.18. The third kappa shape index (κ3) is 4.91. The highest BCUT2D eigenvalue weighted by Gasteiger charge is 2.09. The van der Waals surface area contributed by atoms with Crippen LogP contribution in [0.5, 0.6) is 5.75 Å². The number of nitrogens with zero attached hydrogens (tertiary/aromatic N) is 2. The minimum absolute atomic E-state index is 0.337. The van der Waals surface area contributed by atoms with Gasteiger partial charge in [-0.3, -0.25) is 0 Å². The number of thiazole rings is 1. The van der Waals surface area contributed by atoms with Gasteiger partial charge in [-0.1, -0.05) is 35.0 Å². The number of aromatic nitrogens is 1. The van der Waals surface area contributed by atoms with E-state index in [0.29, 0.717) is 34.3 Å². The minimum atomic E-state index is -0.508. The molecule has 0 bridgehead atoms. The number of carbonyl (C=O) groups is 1. The van der Waals surface area contributed by atoms with Gasteiger partial charge in [0.2, 0.25) is 0 Å². The Morgan fingerprint density at radius 1 is 1.15 bits per heavy atom. The molecule has 2 aromatic carbocycles. The van der Waals surface area contributed by atoms with E-state index in [0.717, 1.165) is 5.01 Å². The first kappa shape index (κ1) is 18.1. The third-order valence-corrected chi connectivity index (χ3v) is 4.45. The molecule has 0 fully saturated rings. The number of oxime groups is 1. The van der Waals surface area contributed by atoms with E-state index < -0.39 is 5.97 Å². The summed E-state index contributed by atoms with van der Waals surface area (Å²) >= 11 is 7.29. The van der Waals surface area contributed by atoms with E-state index in [1.165, 1.54) is 11.3 Å². The fourth-order valence-corrected chi connectivity index (χ4v) is 2.88. The van der Waals surface area contributed by atoms with Crippen LogP contribution in [0.25, 0.3) is 0 Å². The summed E-state index contributed by atoms with van der Waals surface area (Å²) in [6.45, 7) is 2.07. The van der Waals surface area contributed by atoms with Crippen molar-refractivity contribution in [3.8, 4) is 5.75 Å². The number of hydrogen-bond acceptors (Lipinski definition) is 6. The second-order valence-electron chi connectivity index (χ2n) is 5.29.